The highest BCUT2D eigenvalue weighted by molar-refractivity contribution is 5.79. The molecule has 0 aromatic carbocycles. The van der Waals surface area contributed by atoms with Gasteiger partial charge in [-0.1, -0.05) is 19.3 Å². The number of cyclic esters (lactones) is 1. The molecule has 2 aliphatic heterocycles. The number of piperazine rings is 1. The Kier molecular flexibility index (Phi) is 5.16. The lowest BCUT2D eigenvalue weighted by Crippen LogP contribution is -2.47. The standard InChI is InChI=1S/C21H31N3O2/c1-17-16-22-9-5-19(17)24-13-11-23(12-14-24)10-6-18-15-21(20(25)26-18)7-3-2-4-8-21/h5,9,16,18H,2-4,6-8,10-15H2,1H3. The molecule has 142 valence electrons. The predicted octanol–water partition coefficient (Wildman–Crippen LogP) is 3.17. The van der Waals surface area contributed by atoms with Crippen LogP contribution in [0.25, 0.3) is 0 Å². The molecule has 0 radical (unpaired) electrons. The number of hydrogen-bond donors (Lipinski definition) is 0. The van der Waals surface area contributed by atoms with Gasteiger partial charge in [0.2, 0.25) is 0 Å². The van der Waals surface area contributed by atoms with Gasteiger partial charge in [-0.05, 0) is 37.8 Å². The maximum absolute atomic E-state index is 12.4. The van der Waals surface area contributed by atoms with E-state index >= 15 is 0 Å². The molecule has 0 bridgehead atoms. The molecule has 1 unspecified atom stereocenters. The molecular formula is C21H31N3O2. The van der Waals surface area contributed by atoms with Crippen molar-refractivity contribution in [3.8, 4) is 0 Å². The number of rotatable bonds is 4. The van der Waals surface area contributed by atoms with Crippen LogP contribution < -0.4 is 4.90 Å². The van der Waals surface area contributed by atoms with Crippen LogP contribution in [0.4, 0.5) is 5.69 Å². The highest BCUT2D eigenvalue weighted by Crippen LogP contribution is 2.46. The topological polar surface area (TPSA) is 45.7 Å². The molecule has 1 saturated carbocycles. The van der Waals surface area contributed by atoms with E-state index in [0.717, 1.165) is 58.4 Å². The smallest absolute Gasteiger partial charge is 0.312 e. The second kappa shape index (κ2) is 7.55. The molecule has 4 rings (SSSR count). The van der Waals surface area contributed by atoms with E-state index in [1.807, 2.05) is 12.4 Å². The average molecular weight is 357 g/mol. The van der Waals surface area contributed by atoms with Crippen molar-refractivity contribution in [1.29, 1.82) is 0 Å². The number of carbonyl (C=O) groups is 1. The maximum Gasteiger partial charge on any atom is 0.312 e. The van der Waals surface area contributed by atoms with E-state index < -0.39 is 0 Å². The van der Waals surface area contributed by atoms with Crippen molar-refractivity contribution in [2.45, 2.75) is 58.0 Å². The largest absolute Gasteiger partial charge is 0.462 e. The van der Waals surface area contributed by atoms with Crippen LogP contribution >= 0.6 is 0 Å². The van der Waals surface area contributed by atoms with Gasteiger partial charge >= 0.3 is 5.97 Å². The SMILES string of the molecule is Cc1cnccc1N1CCN(CCC2CC3(CCCCC3)C(=O)O2)CC1. The average Bonchev–Trinajstić information content (AvgIpc) is 2.96. The molecule has 3 heterocycles. The Labute approximate surface area is 156 Å². The molecule has 0 amide bonds. The van der Waals surface area contributed by atoms with Crippen LogP contribution in [0.2, 0.25) is 0 Å². The number of aromatic nitrogens is 1. The quantitative estimate of drug-likeness (QED) is 0.775. The van der Waals surface area contributed by atoms with E-state index in [4.69, 9.17) is 4.74 Å². The van der Waals surface area contributed by atoms with E-state index in [1.54, 1.807) is 0 Å². The highest BCUT2D eigenvalue weighted by atomic mass is 16.6. The monoisotopic (exact) mass is 357 g/mol. The van der Waals surface area contributed by atoms with E-state index in [1.165, 1.54) is 30.5 Å². The molecule has 1 aromatic rings. The summed E-state index contributed by atoms with van der Waals surface area (Å²) in [5, 5.41) is 0. The summed E-state index contributed by atoms with van der Waals surface area (Å²) in [6.07, 6.45) is 11.7. The first kappa shape index (κ1) is 17.8. The third-order valence-corrected chi connectivity index (χ3v) is 6.61. The Bertz CT molecular complexity index is 634. The summed E-state index contributed by atoms with van der Waals surface area (Å²) >= 11 is 0. The van der Waals surface area contributed by atoms with Crippen molar-refractivity contribution in [3.63, 3.8) is 0 Å². The number of nitrogens with zero attached hydrogens (tertiary/aromatic N) is 3. The van der Waals surface area contributed by atoms with Gasteiger partial charge in [0.1, 0.15) is 6.10 Å². The maximum atomic E-state index is 12.4. The van der Waals surface area contributed by atoms with Gasteiger partial charge in [-0.2, -0.15) is 0 Å². The Hall–Kier alpha value is -1.62. The highest BCUT2D eigenvalue weighted by Gasteiger charge is 2.48. The lowest BCUT2D eigenvalue weighted by molar-refractivity contribution is -0.150. The zero-order valence-electron chi connectivity index (χ0n) is 16.0. The van der Waals surface area contributed by atoms with Crippen LogP contribution in [-0.4, -0.2) is 54.7 Å². The van der Waals surface area contributed by atoms with Crippen LogP contribution in [-0.2, 0) is 9.53 Å². The van der Waals surface area contributed by atoms with Gasteiger partial charge in [-0.3, -0.25) is 14.7 Å². The summed E-state index contributed by atoms with van der Waals surface area (Å²) in [7, 11) is 0. The summed E-state index contributed by atoms with van der Waals surface area (Å²) in [6.45, 7) is 7.43. The molecule has 2 saturated heterocycles. The minimum absolute atomic E-state index is 0.0974. The van der Waals surface area contributed by atoms with Crippen molar-refractivity contribution >= 4 is 11.7 Å². The molecule has 0 N–H and O–H groups in total. The fourth-order valence-corrected chi connectivity index (χ4v) is 4.99. The fraction of sp³-hybridized carbons (Fsp3) is 0.714. The second-order valence-corrected chi connectivity index (χ2v) is 8.35. The third kappa shape index (κ3) is 3.59. The first-order valence-corrected chi connectivity index (χ1v) is 10.3. The molecule has 3 fully saturated rings. The summed E-state index contributed by atoms with van der Waals surface area (Å²) in [6, 6.07) is 2.12. The van der Waals surface area contributed by atoms with Crippen molar-refractivity contribution in [2.24, 2.45) is 5.41 Å². The Morgan fingerprint density at radius 2 is 1.96 bits per heavy atom. The van der Waals surface area contributed by atoms with Gasteiger partial charge in [0.25, 0.3) is 0 Å². The van der Waals surface area contributed by atoms with Crippen LogP contribution in [0.1, 0.15) is 50.5 Å². The summed E-state index contributed by atoms with van der Waals surface area (Å²) < 4.78 is 5.77. The zero-order valence-corrected chi connectivity index (χ0v) is 16.0. The van der Waals surface area contributed by atoms with E-state index in [0.29, 0.717) is 0 Å². The lowest BCUT2D eigenvalue weighted by Gasteiger charge is -2.37. The molecule has 1 aromatic heterocycles. The van der Waals surface area contributed by atoms with Crippen molar-refractivity contribution in [3.05, 3.63) is 24.0 Å². The minimum atomic E-state index is -0.125. The lowest BCUT2D eigenvalue weighted by atomic mass is 9.72. The molecule has 5 nitrogen and oxygen atoms in total. The molecule has 5 heteroatoms. The summed E-state index contributed by atoms with van der Waals surface area (Å²) in [5.74, 6) is 0.0974. The molecule has 26 heavy (non-hydrogen) atoms. The van der Waals surface area contributed by atoms with Crippen LogP contribution in [0, 0.1) is 12.3 Å². The van der Waals surface area contributed by atoms with E-state index in [9.17, 15) is 4.79 Å². The Morgan fingerprint density at radius 1 is 1.19 bits per heavy atom. The Morgan fingerprint density at radius 3 is 2.69 bits per heavy atom. The van der Waals surface area contributed by atoms with Gasteiger partial charge in [-0.15, -0.1) is 0 Å². The van der Waals surface area contributed by atoms with Crippen LogP contribution in [0.5, 0.6) is 0 Å². The normalized spacial score (nSPS) is 26.3. The Balaban J connectivity index is 1.24. The van der Waals surface area contributed by atoms with Gasteiger partial charge in [-0.25, -0.2) is 0 Å². The number of esters is 1. The predicted molar refractivity (Wildman–Crippen MR) is 102 cm³/mol. The first-order chi connectivity index (χ1) is 12.7. The van der Waals surface area contributed by atoms with Crippen LogP contribution in [0.3, 0.4) is 0 Å². The van der Waals surface area contributed by atoms with E-state index in [-0.39, 0.29) is 17.5 Å². The van der Waals surface area contributed by atoms with Gasteiger partial charge in [0.05, 0.1) is 5.41 Å². The molecule has 1 atom stereocenters. The number of ether oxygens (including phenoxy) is 1. The number of pyridine rings is 1. The summed E-state index contributed by atoms with van der Waals surface area (Å²) in [5.41, 5.74) is 2.43. The second-order valence-electron chi connectivity index (χ2n) is 8.35. The molecule has 3 aliphatic rings. The zero-order chi connectivity index (χ0) is 18.0. The van der Waals surface area contributed by atoms with Gasteiger partial charge in [0.15, 0.2) is 0 Å². The van der Waals surface area contributed by atoms with Crippen molar-refractivity contribution < 1.29 is 9.53 Å². The number of hydrogen-bond acceptors (Lipinski definition) is 5. The molecule has 1 spiro atoms. The van der Waals surface area contributed by atoms with E-state index in [2.05, 4.69) is 27.8 Å². The van der Waals surface area contributed by atoms with Gasteiger partial charge in [0, 0.05) is 57.2 Å². The number of aryl methyl sites for hydroxylation is 1. The molecular weight excluding hydrogens is 326 g/mol. The third-order valence-electron chi connectivity index (χ3n) is 6.61. The van der Waals surface area contributed by atoms with Crippen molar-refractivity contribution in [2.75, 3.05) is 37.6 Å². The van der Waals surface area contributed by atoms with Crippen LogP contribution in [0.15, 0.2) is 18.5 Å². The molecule has 1 aliphatic carbocycles. The minimum Gasteiger partial charge on any atom is -0.462 e. The van der Waals surface area contributed by atoms with Gasteiger partial charge < -0.3 is 9.64 Å². The summed E-state index contributed by atoms with van der Waals surface area (Å²) in [4.78, 5) is 21.6. The fourth-order valence-electron chi connectivity index (χ4n) is 4.99. The van der Waals surface area contributed by atoms with Crippen molar-refractivity contribution in [1.82, 2.24) is 9.88 Å². The number of anilines is 1. The first-order valence-electron chi connectivity index (χ1n) is 10.3. The number of carbonyl (C=O) groups excluding carboxylic acids is 1.